The number of fused-ring (bicyclic) bond motifs is 1. The molecule has 2 aliphatic heterocycles. The van der Waals surface area contributed by atoms with E-state index in [0.29, 0.717) is 5.69 Å². The fourth-order valence-corrected chi connectivity index (χ4v) is 4.55. The molecule has 2 aromatic carbocycles. The number of benzene rings is 2. The van der Waals surface area contributed by atoms with E-state index < -0.39 is 40.5 Å². The Bertz CT molecular complexity index is 1590. The predicted molar refractivity (Wildman–Crippen MR) is 135 cm³/mol. The van der Waals surface area contributed by atoms with Crippen LogP contribution in [0.25, 0.3) is 5.69 Å². The van der Waals surface area contributed by atoms with Gasteiger partial charge in [-0.3, -0.25) is 24.5 Å². The molecule has 5 rings (SSSR count). The van der Waals surface area contributed by atoms with Crippen LogP contribution in [0.4, 0.5) is 11.4 Å². The molecule has 0 bridgehead atoms. The zero-order valence-electron chi connectivity index (χ0n) is 21.0. The fourth-order valence-electron chi connectivity index (χ4n) is 4.55. The molecule has 0 N–H and O–H groups in total. The Morgan fingerprint density at radius 3 is 2.46 bits per heavy atom. The number of ether oxygens (including phenoxy) is 1. The molecule has 2 aliphatic rings. The smallest absolute Gasteiger partial charge is 0.359 e. The molecule has 198 valence electrons. The van der Waals surface area contributed by atoms with Gasteiger partial charge in [0.25, 0.3) is 11.6 Å². The summed E-state index contributed by atoms with van der Waals surface area (Å²) in [7, 11) is 0. The maximum atomic E-state index is 13.8. The van der Waals surface area contributed by atoms with Gasteiger partial charge in [-0.2, -0.15) is 5.10 Å². The zero-order chi connectivity index (χ0) is 28.0. The standard InChI is InChI=1S/C26H21N5O8/c1-4-38-26(35)21-18(14(3)30(27-21)15-10-8-13(2)9-11-15)22(32)20-19-23(39-28-20)25(34)29(24(19)33)16-6-5-7-17(12-16)31(36)37/h5-12,19,23H,4H2,1-3H3/t19-,23+/m1/s1. The molecule has 0 aliphatic carbocycles. The van der Waals surface area contributed by atoms with Gasteiger partial charge in [-0.15, -0.1) is 0 Å². The monoisotopic (exact) mass is 531 g/mol. The minimum Gasteiger partial charge on any atom is -0.461 e. The lowest BCUT2D eigenvalue weighted by Crippen LogP contribution is -2.34. The van der Waals surface area contributed by atoms with Crippen molar-refractivity contribution in [3.05, 3.63) is 81.2 Å². The minimum atomic E-state index is -1.44. The quantitative estimate of drug-likeness (QED) is 0.147. The van der Waals surface area contributed by atoms with E-state index in [4.69, 9.17) is 9.57 Å². The normalized spacial score (nSPS) is 18.0. The predicted octanol–water partition coefficient (Wildman–Crippen LogP) is 2.70. The number of nitro groups is 1. The number of nitrogens with zero attached hydrogens (tertiary/aromatic N) is 5. The lowest BCUT2D eigenvalue weighted by Gasteiger charge is -2.15. The van der Waals surface area contributed by atoms with Crippen LogP contribution < -0.4 is 4.90 Å². The molecular formula is C26H21N5O8. The maximum Gasteiger partial charge on any atom is 0.359 e. The molecule has 13 heteroatoms. The Labute approximate surface area is 220 Å². The average molecular weight is 531 g/mol. The first-order valence-electron chi connectivity index (χ1n) is 11.9. The van der Waals surface area contributed by atoms with Gasteiger partial charge in [0.1, 0.15) is 11.6 Å². The fraction of sp³-hybridized carbons (Fsp3) is 0.231. The van der Waals surface area contributed by atoms with Crippen molar-refractivity contribution in [2.24, 2.45) is 11.1 Å². The van der Waals surface area contributed by atoms with Crippen LogP contribution in [0.5, 0.6) is 0 Å². The number of Topliss-reactive ketones (excluding diaryl/α,β-unsaturated/α-hetero) is 1. The summed E-state index contributed by atoms with van der Waals surface area (Å²) in [6.45, 7) is 5.12. The van der Waals surface area contributed by atoms with Crippen molar-refractivity contribution in [3.63, 3.8) is 0 Å². The van der Waals surface area contributed by atoms with Gasteiger partial charge in [-0.25, -0.2) is 14.4 Å². The van der Waals surface area contributed by atoms with Crippen molar-refractivity contribution in [3.8, 4) is 5.69 Å². The Morgan fingerprint density at radius 2 is 1.79 bits per heavy atom. The van der Waals surface area contributed by atoms with Gasteiger partial charge in [0.2, 0.25) is 17.8 Å². The van der Waals surface area contributed by atoms with Crippen LogP contribution in [0.1, 0.15) is 39.0 Å². The molecule has 0 saturated carbocycles. The topological polar surface area (TPSA) is 163 Å². The van der Waals surface area contributed by atoms with Gasteiger partial charge in [-0.05, 0) is 39.0 Å². The number of aryl methyl sites for hydroxylation is 1. The third kappa shape index (κ3) is 4.13. The second kappa shape index (κ2) is 9.59. The van der Waals surface area contributed by atoms with Crippen molar-refractivity contribution in [2.75, 3.05) is 11.5 Å². The van der Waals surface area contributed by atoms with Gasteiger partial charge >= 0.3 is 5.97 Å². The molecule has 2 amide bonds. The van der Waals surface area contributed by atoms with Gasteiger partial charge in [0.15, 0.2) is 5.69 Å². The van der Waals surface area contributed by atoms with Crippen LogP contribution in [0.15, 0.2) is 53.7 Å². The van der Waals surface area contributed by atoms with Crippen molar-refractivity contribution >= 4 is 40.7 Å². The molecule has 39 heavy (non-hydrogen) atoms. The number of nitro benzene ring substituents is 1. The van der Waals surface area contributed by atoms with E-state index in [9.17, 15) is 29.3 Å². The van der Waals surface area contributed by atoms with Crippen molar-refractivity contribution in [1.82, 2.24) is 9.78 Å². The number of carbonyl (C=O) groups excluding carboxylic acids is 4. The van der Waals surface area contributed by atoms with Gasteiger partial charge in [0.05, 0.1) is 34.2 Å². The molecule has 1 fully saturated rings. The Hall–Kier alpha value is -5.20. The van der Waals surface area contributed by atoms with E-state index in [0.717, 1.165) is 16.5 Å². The van der Waals surface area contributed by atoms with Crippen LogP contribution in [0.3, 0.4) is 0 Å². The van der Waals surface area contributed by atoms with Crippen LogP contribution in [-0.4, -0.2) is 56.7 Å². The summed E-state index contributed by atoms with van der Waals surface area (Å²) in [5.41, 5.74) is 0.674. The van der Waals surface area contributed by atoms with Crippen molar-refractivity contribution < 1.29 is 33.7 Å². The summed E-state index contributed by atoms with van der Waals surface area (Å²) in [4.78, 5) is 69.6. The molecular weight excluding hydrogens is 510 g/mol. The highest BCUT2D eigenvalue weighted by molar-refractivity contribution is 6.53. The summed E-state index contributed by atoms with van der Waals surface area (Å²) in [6.07, 6.45) is -1.44. The highest BCUT2D eigenvalue weighted by atomic mass is 16.7. The van der Waals surface area contributed by atoms with Gasteiger partial charge in [-0.1, -0.05) is 28.9 Å². The third-order valence-electron chi connectivity index (χ3n) is 6.43. The summed E-state index contributed by atoms with van der Waals surface area (Å²) >= 11 is 0. The van der Waals surface area contributed by atoms with Crippen molar-refractivity contribution in [2.45, 2.75) is 26.9 Å². The summed E-state index contributed by atoms with van der Waals surface area (Å²) in [6, 6.07) is 12.2. The van der Waals surface area contributed by atoms with E-state index in [-0.39, 0.29) is 40.6 Å². The average Bonchev–Trinajstić information content (AvgIpc) is 3.57. The maximum absolute atomic E-state index is 13.8. The summed E-state index contributed by atoms with van der Waals surface area (Å²) < 4.78 is 6.52. The number of ketones is 1. The SMILES string of the molecule is CCOC(=O)c1nn(-c2ccc(C)cc2)c(C)c1C(=O)C1=NO[C@@H]2C(=O)N(c3cccc([N+](=O)[O-])c3)C(=O)[C@H]12. The Balaban J connectivity index is 1.54. The first kappa shape index (κ1) is 25.4. The highest BCUT2D eigenvalue weighted by Gasteiger charge is 2.58. The van der Waals surface area contributed by atoms with E-state index in [1.165, 1.54) is 22.9 Å². The summed E-state index contributed by atoms with van der Waals surface area (Å²) in [5.74, 6) is -4.76. The van der Waals surface area contributed by atoms with E-state index in [2.05, 4.69) is 10.3 Å². The molecule has 0 radical (unpaired) electrons. The number of imide groups is 1. The number of anilines is 1. The molecule has 1 aromatic heterocycles. The number of amides is 2. The van der Waals surface area contributed by atoms with E-state index in [1.807, 2.05) is 19.1 Å². The largest absolute Gasteiger partial charge is 0.461 e. The first-order valence-corrected chi connectivity index (χ1v) is 11.9. The molecule has 1 saturated heterocycles. The molecule has 0 spiro atoms. The second-order valence-electron chi connectivity index (χ2n) is 8.88. The number of non-ortho nitro benzene ring substituents is 1. The number of aromatic nitrogens is 2. The van der Waals surface area contributed by atoms with Crippen LogP contribution in [0.2, 0.25) is 0 Å². The number of esters is 1. The van der Waals surface area contributed by atoms with E-state index in [1.54, 1.807) is 26.0 Å². The number of oxime groups is 1. The van der Waals surface area contributed by atoms with Gasteiger partial charge < -0.3 is 9.57 Å². The molecule has 3 aromatic rings. The molecule has 3 heterocycles. The van der Waals surface area contributed by atoms with E-state index >= 15 is 0 Å². The van der Waals surface area contributed by atoms with Crippen LogP contribution >= 0.6 is 0 Å². The molecule has 2 atom stereocenters. The van der Waals surface area contributed by atoms with Crippen LogP contribution in [0, 0.1) is 29.9 Å². The lowest BCUT2D eigenvalue weighted by molar-refractivity contribution is -0.384. The highest BCUT2D eigenvalue weighted by Crippen LogP contribution is 2.36. The number of carbonyl (C=O) groups is 4. The number of rotatable bonds is 7. The number of hydrogen-bond acceptors (Lipinski definition) is 10. The first-order chi connectivity index (χ1) is 18.6. The van der Waals surface area contributed by atoms with Crippen molar-refractivity contribution in [1.29, 1.82) is 0 Å². The lowest BCUT2D eigenvalue weighted by atomic mass is 9.92. The second-order valence-corrected chi connectivity index (χ2v) is 8.88. The third-order valence-corrected chi connectivity index (χ3v) is 6.43. The van der Waals surface area contributed by atoms with Gasteiger partial charge in [0, 0.05) is 12.1 Å². The summed E-state index contributed by atoms with van der Waals surface area (Å²) in [5, 5.41) is 19.3. The minimum absolute atomic E-state index is 0.0306. The number of hydrogen-bond donors (Lipinski definition) is 0. The zero-order valence-corrected chi connectivity index (χ0v) is 21.0. The Morgan fingerprint density at radius 1 is 1.08 bits per heavy atom. The Kier molecular flexibility index (Phi) is 6.26. The van der Waals surface area contributed by atoms with Crippen LogP contribution in [-0.2, 0) is 19.2 Å². The molecule has 13 nitrogen and oxygen atoms in total. The molecule has 0 unspecified atom stereocenters.